The van der Waals surface area contributed by atoms with E-state index in [1.165, 1.54) is 0 Å². The summed E-state index contributed by atoms with van der Waals surface area (Å²) in [6.45, 7) is 4.04. The fourth-order valence-corrected chi connectivity index (χ4v) is 2.02. The summed E-state index contributed by atoms with van der Waals surface area (Å²) in [5.41, 5.74) is 1.84. The van der Waals surface area contributed by atoms with Crippen LogP contribution in [0.15, 0.2) is 42.6 Å². The molecule has 4 heteroatoms. The summed E-state index contributed by atoms with van der Waals surface area (Å²) in [5.74, 6) is 1.19. The van der Waals surface area contributed by atoms with Crippen molar-refractivity contribution in [2.45, 2.75) is 19.4 Å². The molecule has 0 fully saturated rings. The van der Waals surface area contributed by atoms with Crippen LogP contribution in [0.1, 0.15) is 18.1 Å². The van der Waals surface area contributed by atoms with Crippen LogP contribution in [0.3, 0.4) is 0 Å². The van der Waals surface area contributed by atoms with Crippen LogP contribution in [0.5, 0.6) is 0 Å². The third-order valence-corrected chi connectivity index (χ3v) is 3.41. The number of anilines is 1. The van der Waals surface area contributed by atoms with Gasteiger partial charge in [-0.1, -0.05) is 30.3 Å². The van der Waals surface area contributed by atoms with Gasteiger partial charge in [0, 0.05) is 5.88 Å². The van der Waals surface area contributed by atoms with Gasteiger partial charge in [-0.25, -0.2) is 0 Å². The van der Waals surface area contributed by atoms with E-state index in [0.29, 0.717) is 5.88 Å². The van der Waals surface area contributed by atoms with Crippen LogP contribution in [-0.4, -0.2) is 16.1 Å². The average Bonchev–Trinajstić information content (AvgIpc) is 2.39. The van der Waals surface area contributed by atoms with E-state index < -0.39 is 0 Å². The quantitative estimate of drug-likeness (QED) is 0.858. The Labute approximate surface area is 112 Å². The van der Waals surface area contributed by atoms with Crippen molar-refractivity contribution >= 4 is 17.4 Å². The van der Waals surface area contributed by atoms with Crippen molar-refractivity contribution in [2.24, 2.45) is 0 Å². The zero-order chi connectivity index (χ0) is 13.0. The van der Waals surface area contributed by atoms with Gasteiger partial charge in [0.1, 0.15) is 5.82 Å². The van der Waals surface area contributed by atoms with Crippen molar-refractivity contribution in [1.82, 2.24) is 10.2 Å². The summed E-state index contributed by atoms with van der Waals surface area (Å²) in [6, 6.07) is 12.1. The Bertz CT molecular complexity index is 515. The van der Waals surface area contributed by atoms with Gasteiger partial charge in [0.2, 0.25) is 0 Å². The van der Waals surface area contributed by atoms with Gasteiger partial charge < -0.3 is 5.32 Å². The minimum atomic E-state index is -0.356. The van der Waals surface area contributed by atoms with Crippen molar-refractivity contribution in [1.29, 1.82) is 0 Å². The van der Waals surface area contributed by atoms with Crippen LogP contribution in [0, 0.1) is 6.92 Å². The number of hydrogen-bond acceptors (Lipinski definition) is 3. The molecule has 0 radical (unpaired) electrons. The normalized spacial score (nSPS) is 13.9. The van der Waals surface area contributed by atoms with E-state index in [2.05, 4.69) is 34.6 Å². The maximum Gasteiger partial charge on any atom is 0.149 e. The van der Waals surface area contributed by atoms with Crippen molar-refractivity contribution in [3.8, 4) is 0 Å². The van der Waals surface area contributed by atoms with E-state index in [-0.39, 0.29) is 5.54 Å². The van der Waals surface area contributed by atoms with Crippen LogP contribution >= 0.6 is 11.6 Å². The minimum Gasteiger partial charge on any atom is -0.358 e. The highest BCUT2D eigenvalue weighted by molar-refractivity contribution is 6.18. The smallest absolute Gasteiger partial charge is 0.149 e. The summed E-state index contributed by atoms with van der Waals surface area (Å²) >= 11 is 6.12. The molecule has 94 valence electrons. The number of nitrogens with zero attached hydrogens (tertiary/aromatic N) is 2. The molecule has 0 aliphatic carbocycles. The number of nitrogens with one attached hydrogen (secondary N) is 1. The van der Waals surface area contributed by atoms with E-state index in [0.717, 1.165) is 16.9 Å². The molecule has 18 heavy (non-hydrogen) atoms. The zero-order valence-corrected chi connectivity index (χ0v) is 11.3. The summed E-state index contributed by atoms with van der Waals surface area (Å²) in [4.78, 5) is 0. The molecule has 0 aliphatic rings. The van der Waals surface area contributed by atoms with Gasteiger partial charge in [-0.2, -0.15) is 5.10 Å². The molecule has 0 bridgehead atoms. The highest BCUT2D eigenvalue weighted by Gasteiger charge is 2.25. The molecular formula is C14H16ClN3. The van der Waals surface area contributed by atoms with Gasteiger partial charge in [-0.3, -0.25) is 0 Å². The Hall–Kier alpha value is -1.61. The largest absolute Gasteiger partial charge is 0.358 e. The molecule has 0 saturated heterocycles. The molecule has 0 amide bonds. The Balaban J connectivity index is 2.29. The first-order valence-electron chi connectivity index (χ1n) is 5.83. The van der Waals surface area contributed by atoms with Gasteiger partial charge in [-0.05, 0) is 31.0 Å². The lowest BCUT2D eigenvalue weighted by Crippen LogP contribution is -2.34. The highest BCUT2D eigenvalue weighted by atomic mass is 35.5. The SMILES string of the molecule is Cc1cnnc(NC(C)(CCl)c2ccccc2)c1. The number of rotatable bonds is 4. The molecule has 1 aromatic heterocycles. The Kier molecular flexibility index (Phi) is 3.82. The van der Waals surface area contributed by atoms with Crippen molar-refractivity contribution in [2.75, 3.05) is 11.2 Å². The second-order valence-electron chi connectivity index (χ2n) is 4.57. The van der Waals surface area contributed by atoms with Crippen molar-refractivity contribution in [3.05, 3.63) is 53.7 Å². The summed E-state index contributed by atoms with van der Waals surface area (Å²) in [7, 11) is 0. The second kappa shape index (κ2) is 5.36. The van der Waals surface area contributed by atoms with E-state index in [1.54, 1.807) is 6.20 Å². The van der Waals surface area contributed by atoms with Crippen LogP contribution < -0.4 is 5.32 Å². The third kappa shape index (κ3) is 2.79. The highest BCUT2D eigenvalue weighted by Crippen LogP contribution is 2.26. The minimum absolute atomic E-state index is 0.356. The van der Waals surface area contributed by atoms with Gasteiger partial charge >= 0.3 is 0 Å². The molecule has 0 spiro atoms. The van der Waals surface area contributed by atoms with Crippen LogP contribution in [-0.2, 0) is 5.54 Å². The van der Waals surface area contributed by atoms with Gasteiger partial charge in [0.05, 0.1) is 11.7 Å². The summed E-state index contributed by atoms with van der Waals surface area (Å²) in [6.07, 6.45) is 1.73. The predicted octanol–water partition coefficient (Wildman–Crippen LogP) is 3.35. The maximum atomic E-state index is 6.12. The topological polar surface area (TPSA) is 37.8 Å². The number of aromatic nitrogens is 2. The standard InChI is InChI=1S/C14H16ClN3/c1-11-8-13(18-16-9-11)17-14(2,10-15)12-6-4-3-5-7-12/h3-9H,10H2,1-2H3,(H,17,18). The zero-order valence-electron chi connectivity index (χ0n) is 10.5. The van der Waals surface area contributed by atoms with Crippen LogP contribution in [0.4, 0.5) is 5.82 Å². The summed E-state index contributed by atoms with van der Waals surface area (Å²) in [5, 5.41) is 11.4. The average molecular weight is 262 g/mol. The van der Waals surface area contributed by atoms with Crippen molar-refractivity contribution < 1.29 is 0 Å². The maximum absolute atomic E-state index is 6.12. The van der Waals surface area contributed by atoms with E-state index in [4.69, 9.17) is 11.6 Å². The van der Waals surface area contributed by atoms with E-state index in [9.17, 15) is 0 Å². The Morgan fingerprint density at radius 3 is 2.61 bits per heavy atom. The monoisotopic (exact) mass is 261 g/mol. The molecular weight excluding hydrogens is 246 g/mol. The summed E-state index contributed by atoms with van der Waals surface area (Å²) < 4.78 is 0. The molecule has 0 saturated carbocycles. The molecule has 3 nitrogen and oxygen atoms in total. The lowest BCUT2D eigenvalue weighted by molar-refractivity contribution is 0.611. The first kappa shape index (κ1) is 12.8. The molecule has 1 unspecified atom stereocenters. The predicted molar refractivity (Wildman–Crippen MR) is 74.9 cm³/mol. The number of benzene rings is 1. The number of halogens is 1. The molecule has 2 rings (SSSR count). The first-order chi connectivity index (χ1) is 8.64. The Morgan fingerprint density at radius 1 is 1.28 bits per heavy atom. The fourth-order valence-electron chi connectivity index (χ4n) is 1.80. The van der Waals surface area contributed by atoms with Gasteiger partial charge in [-0.15, -0.1) is 16.7 Å². The lowest BCUT2D eigenvalue weighted by Gasteiger charge is -2.29. The molecule has 1 atom stereocenters. The van der Waals surface area contributed by atoms with Gasteiger partial charge in [0.25, 0.3) is 0 Å². The fraction of sp³-hybridized carbons (Fsp3) is 0.286. The number of aryl methyl sites for hydroxylation is 1. The molecule has 1 aromatic carbocycles. The van der Waals surface area contributed by atoms with Crippen molar-refractivity contribution in [3.63, 3.8) is 0 Å². The molecule has 2 aromatic rings. The third-order valence-electron chi connectivity index (χ3n) is 2.87. The Morgan fingerprint density at radius 2 is 2.00 bits per heavy atom. The van der Waals surface area contributed by atoms with E-state index in [1.807, 2.05) is 31.2 Å². The van der Waals surface area contributed by atoms with Crippen LogP contribution in [0.25, 0.3) is 0 Å². The number of hydrogen-bond donors (Lipinski definition) is 1. The lowest BCUT2D eigenvalue weighted by atomic mass is 9.94. The number of alkyl halides is 1. The second-order valence-corrected chi connectivity index (χ2v) is 4.84. The van der Waals surface area contributed by atoms with Gasteiger partial charge in [0.15, 0.2) is 0 Å². The molecule has 1 N–H and O–H groups in total. The molecule has 0 aliphatic heterocycles. The van der Waals surface area contributed by atoms with E-state index >= 15 is 0 Å². The van der Waals surface area contributed by atoms with Crippen LogP contribution in [0.2, 0.25) is 0 Å². The molecule has 1 heterocycles. The first-order valence-corrected chi connectivity index (χ1v) is 6.36.